The quantitative estimate of drug-likeness (QED) is 0.418. The molecule has 0 radical (unpaired) electrons. The van der Waals surface area contributed by atoms with Gasteiger partial charge < -0.3 is 14.8 Å². The van der Waals surface area contributed by atoms with Crippen LogP contribution in [0.5, 0.6) is 11.5 Å². The van der Waals surface area contributed by atoms with Crippen molar-refractivity contribution >= 4 is 33.2 Å². The summed E-state index contributed by atoms with van der Waals surface area (Å²) in [6.45, 7) is 3.67. The second-order valence-corrected chi connectivity index (χ2v) is 7.26. The molecule has 0 heterocycles. The largest absolute Gasteiger partial charge is 0.490 e. The number of nitrogens with one attached hydrogen (secondary N) is 1. The summed E-state index contributed by atoms with van der Waals surface area (Å²) in [6, 6.07) is 21.8. The zero-order valence-electron chi connectivity index (χ0n) is 15.0. The fourth-order valence-corrected chi connectivity index (χ4v) is 3.35. The van der Waals surface area contributed by atoms with Gasteiger partial charge in [0.05, 0.1) is 11.1 Å². The van der Waals surface area contributed by atoms with E-state index in [9.17, 15) is 0 Å². The lowest BCUT2D eigenvalue weighted by Gasteiger charge is -2.16. The second-order valence-electron chi connectivity index (χ2n) is 5.97. The Morgan fingerprint density at radius 2 is 1.67 bits per heavy atom. The highest BCUT2D eigenvalue weighted by molar-refractivity contribution is 9.10. The molecule has 3 rings (SSSR count). The molecule has 0 spiro atoms. The first-order chi connectivity index (χ1) is 13.2. The zero-order chi connectivity index (χ0) is 19.1. The van der Waals surface area contributed by atoms with Crippen molar-refractivity contribution in [2.24, 2.45) is 0 Å². The maximum absolute atomic E-state index is 6.03. The average molecular weight is 447 g/mol. The van der Waals surface area contributed by atoms with Crippen molar-refractivity contribution in [2.75, 3.05) is 11.9 Å². The summed E-state index contributed by atoms with van der Waals surface area (Å²) in [5.41, 5.74) is 3.23. The predicted octanol–water partition coefficient (Wildman–Crippen LogP) is 6.69. The summed E-state index contributed by atoms with van der Waals surface area (Å²) >= 11 is 9.56. The Balaban J connectivity index is 1.74. The number of anilines is 1. The minimum atomic E-state index is 0.442. The van der Waals surface area contributed by atoms with Gasteiger partial charge in [-0.2, -0.15) is 0 Å². The van der Waals surface area contributed by atoms with Gasteiger partial charge in [0.15, 0.2) is 11.5 Å². The Labute approximate surface area is 173 Å². The van der Waals surface area contributed by atoms with E-state index >= 15 is 0 Å². The van der Waals surface area contributed by atoms with Crippen molar-refractivity contribution in [2.45, 2.75) is 20.1 Å². The number of ether oxygens (including phenoxy) is 2. The van der Waals surface area contributed by atoms with Crippen LogP contribution in [0.15, 0.2) is 71.2 Å². The molecule has 0 aliphatic heterocycles. The van der Waals surface area contributed by atoms with E-state index < -0.39 is 0 Å². The highest BCUT2D eigenvalue weighted by Crippen LogP contribution is 2.37. The van der Waals surface area contributed by atoms with Crippen LogP contribution in [0.2, 0.25) is 5.02 Å². The van der Waals surface area contributed by atoms with Gasteiger partial charge in [0.2, 0.25) is 0 Å². The fourth-order valence-electron chi connectivity index (χ4n) is 2.62. The molecule has 0 saturated carbocycles. The molecular formula is C22H21BrClNO2. The number of benzene rings is 3. The summed E-state index contributed by atoms with van der Waals surface area (Å²) in [5, 5.41) is 4.12. The van der Waals surface area contributed by atoms with Gasteiger partial charge in [-0.05, 0) is 70.4 Å². The van der Waals surface area contributed by atoms with Crippen LogP contribution in [0.25, 0.3) is 0 Å². The van der Waals surface area contributed by atoms with Crippen molar-refractivity contribution < 1.29 is 9.47 Å². The van der Waals surface area contributed by atoms with Crippen molar-refractivity contribution in [3.63, 3.8) is 0 Å². The Morgan fingerprint density at radius 1 is 0.926 bits per heavy atom. The Kier molecular flexibility index (Phi) is 7.02. The molecule has 0 amide bonds. The highest BCUT2D eigenvalue weighted by atomic mass is 79.9. The fraction of sp³-hybridized carbons (Fsp3) is 0.182. The molecule has 0 unspecified atom stereocenters. The van der Waals surface area contributed by atoms with Gasteiger partial charge >= 0.3 is 0 Å². The van der Waals surface area contributed by atoms with Gasteiger partial charge in [-0.1, -0.05) is 41.9 Å². The lowest BCUT2D eigenvalue weighted by Crippen LogP contribution is -2.04. The SMILES string of the molecule is CCOc1cc(CNc2ccccc2)cc(Br)c1OCc1ccc(Cl)cc1. The van der Waals surface area contributed by atoms with Crippen LogP contribution in [0, 0.1) is 0 Å². The average Bonchev–Trinajstić information content (AvgIpc) is 2.68. The number of para-hydroxylation sites is 1. The van der Waals surface area contributed by atoms with Gasteiger partial charge in [0.25, 0.3) is 0 Å². The van der Waals surface area contributed by atoms with Crippen molar-refractivity contribution in [3.05, 3.63) is 87.4 Å². The summed E-state index contributed by atoms with van der Waals surface area (Å²) < 4.78 is 12.7. The molecule has 0 saturated heterocycles. The van der Waals surface area contributed by atoms with Crippen molar-refractivity contribution in [1.29, 1.82) is 0 Å². The highest BCUT2D eigenvalue weighted by Gasteiger charge is 2.13. The summed E-state index contributed by atoms with van der Waals surface area (Å²) in [4.78, 5) is 0. The smallest absolute Gasteiger partial charge is 0.175 e. The van der Waals surface area contributed by atoms with Gasteiger partial charge in [-0.3, -0.25) is 0 Å². The first-order valence-electron chi connectivity index (χ1n) is 8.77. The first kappa shape index (κ1) is 19.6. The van der Waals surface area contributed by atoms with Crippen molar-refractivity contribution in [3.8, 4) is 11.5 Å². The van der Waals surface area contributed by atoms with E-state index in [-0.39, 0.29) is 0 Å². The molecule has 3 aromatic carbocycles. The lowest BCUT2D eigenvalue weighted by molar-refractivity contribution is 0.267. The van der Waals surface area contributed by atoms with Crippen LogP contribution in [0.1, 0.15) is 18.1 Å². The molecule has 0 bridgehead atoms. The standard InChI is InChI=1S/C22H21BrClNO2/c1-2-26-21-13-17(14-25-19-6-4-3-5-7-19)12-20(23)22(21)27-15-16-8-10-18(24)11-9-16/h3-13,25H,2,14-15H2,1H3. The summed E-state index contributed by atoms with van der Waals surface area (Å²) in [6.07, 6.45) is 0. The number of halogens is 2. The van der Waals surface area contributed by atoms with Gasteiger partial charge in [-0.25, -0.2) is 0 Å². The van der Waals surface area contributed by atoms with Crippen LogP contribution >= 0.6 is 27.5 Å². The topological polar surface area (TPSA) is 30.5 Å². The third-order valence-electron chi connectivity index (χ3n) is 3.94. The maximum Gasteiger partial charge on any atom is 0.175 e. The van der Waals surface area contributed by atoms with E-state index in [1.54, 1.807) is 0 Å². The van der Waals surface area contributed by atoms with Crippen LogP contribution in [-0.2, 0) is 13.2 Å². The molecule has 27 heavy (non-hydrogen) atoms. The third kappa shape index (κ3) is 5.65. The molecule has 0 fully saturated rings. The minimum absolute atomic E-state index is 0.442. The lowest BCUT2D eigenvalue weighted by atomic mass is 10.2. The Bertz CT molecular complexity index is 869. The molecule has 0 aromatic heterocycles. The molecule has 0 atom stereocenters. The molecule has 1 N–H and O–H groups in total. The van der Waals surface area contributed by atoms with E-state index in [4.69, 9.17) is 21.1 Å². The molecular weight excluding hydrogens is 426 g/mol. The third-order valence-corrected chi connectivity index (χ3v) is 4.78. The zero-order valence-corrected chi connectivity index (χ0v) is 17.4. The molecule has 0 aliphatic carbocycles. The number of hydrogen-bond acceptors (Lipinski definition) is 3. The maximum atomic E-state index is 6.03. The molecule has 3 nitrogen and oxygen atoms in total. The van der Waals surface area contributed by atoms with E-state index in [2.05, 4.69) is 27.3 Å². The monoisotopic (exact) mass is 445 g/mol. The summed E-state index contributed by atoms with van der Waals surface area (Å²) in [5.74, 6) is 1.43. The number of rotatable bonds is 8. The molecule has 3 aromatic rings. The van der Waals surface area contributed by atoms with E-state index in [0.29, 0.717) is 30.5 Å². The Hall–Kier alpha value is -2.17. The number of hydrogen-bond donors (Lipinski definition) is 1. The van der Waals surface area contributed by atoms with E-state index in [0.717, 1.165) is 27.0 Å². The molecule has 5 heteroatoms. The van der Waals surface area contributed by atoms with Crippen LogP contribution < -0.4 is 14.8 Å². The summed E-state index contributed by atoms with van der Waals surface area (Å²) in [7, 11) is 0. The first-order valence-corrected chi connectivity index (χ1v) is 9.94. The van der Waals surface area contributed by atoms with Gasteiger partial charge in [0, 0.05) is 17.3 Å². The Morgan fingerprint density at radius 3 is 2.37 bits per heavy atom. The predicted molar refractivity (Wildman–Crippen MR) is 115 cm³/mol. The molecule has 0 aliphatic rings. The van der Waals surface area contributed by atoms with Crippen LogP contribution in [0.4, 0.5) is 5.69 Å². The second kappa shape index (κ2) is 9.67. The van der Waals surface area contributed by atoms with E-state index in [1.165, 1.54) is 0 Å². The van der Waals surface area contributed by atoms with Crippen LogP contribution in [0.3, 0.4) is 0 Å². The van der Waals surface area contributed by atoms with Crippen LogP contribution in [-0.4, -0.2) is 6.61 Å². The van der Waals surface area contributed by atoms with Gasteiger partial charge in [-0.15, -0.1) is 0 Å². The molecule has 140 valence electrons. The van der Waals surface area contributed by atoms with Gasteiger partial charge in [0.1, 0.15) is 6.61 Å². The van der Waals surface area contributed by atoms with E-state index in [1.807, 2.05) is 67.6 Å². The normalized spacial score (nSPS) is 10.5. The van der Waals surface area contributed by atoms with Crippen molar-refractivity contribution in [1.82, 2.24) is 0 Å². The minimum Gasteiger partial charge on any atom is -0.490 e.